The van der Waals surface area contributed by atoms with E-state index in [9.17, 15) is 4.79 Å². The van der Waals surface area contributed by atoms with Crippen molar-refractivity contribution in [2.24, 2.45) is 5.92 Å². The number of hydrogen-bond acceptors (Lipinski definition) is 5. The third-order valence-corrected chi connectivity index (χ3v) is 3.98. The number of carbonyl (C=O) groups is 1. The summed E-state index contributed by atoms with van der Waals surface area (Å²) >= 11 is 1.47. The van der Waals surface area contributed by atoms with E-state index in [1.54, 1.807) is 6.20 Å². The average molecular weight is 302 g/mol. The molecule has 5 heteroatoms. The molecule has 0 spiro atoms. The normalized spacial score (nSPS) is 11.9. The molecule has 0 bridgehead atoms. The lowest BCUT2D eigenvalue weighted by Crippen LogP contribution is -2.17. The molecule has 0 aliphatic rings. The van der Waals surface area contributed by atoms with Crippen molar-refractivity contribution in [3.05, 3.63) is 53.9 Å². The van der Waals surface area contributed by atoms with Gasteiger partial charge in [0.25, 0.3) is 0 Å². The fourth-order valence-corrected chi connectivity index (χ4v) is 2.51. The molecule has 21 heavy (non-hydrogen) atoms. The first kappa shape index (κ1) is 15.5. The van der Waals surface area contributed by atoms with Crippen LogP contribution in [0, 0.1) is 12.8 Å². The van der Waals surface area contributed by atoms with Crippen LogP contribution in [0.3, 0.4) is 0 Å². The molecule has 0 radical (unpaired) electrons. The van der Waals surface area contributed by atoms with E-state index in [4.69, 9.17) is 4.74 Å². The van der Waals surface area contributed by atoms with Gasteiger partial charge in [-0.15, -0.1) is 0 Å². The van der Waals surface area contributed by atoms with Crippen LogP contribution in [0.4, 0.5) is 0 Å². The molecule has 0 aliphatic carbocycles. The van der Waals surface area contributed by atoms with Crippen LogP contribution in [0.5, 0.6) is 0 Å². The quantitative estimate of drug-likeness (QED) is 0.466. The van der Waals surface area contributed by atoms with E-state index in [0.29, 0.717) is 17.5 Å². The van der Waals surface area contributed by atoms with Crippen molar-refractivity contribution in [2.45, 2.75) is 25.6 Å². The largest absolute Gasteiger partial charge is 0.461 e. The minimum Gasteiger partial charge on any atom is -0.461 e. The van der Waals surface area contributed by atoms with Gasteiger partial charge in [0, 0.05) is 17.6 Å². The second kappa shape index (κ2) is 7.78. The zero-order chi connectivity index (χ0) is 15.1. The minimum absolute atomic E-state index is 0.192. The molecule has 1 heterocycles. The topological polar surface area (TPSA) is 52.1 Å². The van der Waals surface area contributed by atoms with Gasteiger partial charge in [0.2, 0.25) is 0 Å². The second-order valence-corrected chi connectivity index (χ2v) is 5.77. The summed E-state index contributed by atoms with van der Waals surface area (Å²) in [6.07, 6.45) is 1.73. The Hall–Kier alpha value is -1.88. The van der Waals surface area contributed by atoms with E-state index < -0.39 is 0 Å². The molecular weight excluding hydrogens is 284 g/mol. The smallest absolute Gasteiger partial charge is 0.309 e. The molecule has 0 amide bonds. The van der Waals surface area contributed by atoms with Crippen LogP contribution in [0.1, 0.15) is 18.2 Å². The lowest BCUT2D eigenvalue weighted by atomic mass is 10.2. The fraction of sp³-hybridized carbons (Fsp3) is 0.312. The van der Waals surface area contributed by atoms with Gasteiger partial charge in [-0.3, -0.25) is 4.79 Å². The minimum atomic E-state index is -0.195. The van der Waals surface area contributed by atoms with Crippen molar-refractivity contribution in [1.82, 2.24) is 9.97 Å². The van der Waals surface area contributed by atoms with Crippen molar-refractivity contribution >= 4 is 17.7 Å². The number of nitrogens with zero attached hydrogens (tertiary/aromatic N) is 2. The van der Waals surface area contributed by atoms with Crippen molar-refractivity contribution < 1.29 is 9.53 Å². The Bertz CT molecular complexity index is 590. The number of benzene rings is 1. The Labute approximate surface area is 129 Å². The molecule has 0 fully saturated rings. The van der Waals surface area contributed by atoms with E-state index >= 15 is 0 Å². The van der Waals surface area contributed by atoms with Crippen molar-refractivity contribution in [3.8, 4) is 0 Å². The molecule has 0 saturated carbocycles. The van der Waals surface area contributed by atoms with Gasteiger partial charge in [-0.2, -0.15) is 0 Å². The standard InChI is InChI=1S/C16H18N2O2S/c1-12(11-21-16-17-9-8-13(2)18-16)15(19)20-10-14-6-4-3-5-7-14/h3-9,12H,10-11H2,1-2H3. The second-order valence-electron chi connectivity index (χ2n) is 4.79. The molecule has 1 aromatic carbocycles. The SMILES string of the molecule is Cc1ccnc(SCC(C)C(=O)OCc2ccccc2)n1. The van der Waals surface area contributed by atoms with Crippen molar-refractivity contribution in [3.63, 3.8) is 0 Å². The number of esters is 1. The van der Waals surface area contributed by atoms with Crippen LogP contribution in [-0.4, -0.2) is 21.7 Å². The Morgan fingerprint density at radius 3 is 2.76 bits per heavy atom. The van der Waals surface area contributed by atoms with Gasteiger partial charge in [-0.05, 0) is 18.6 Å². The monoisotopic (exact) mass is 302 g/mol. The van der Waals surface area contributed by atoms with Gasteiger partial charge in [0.1, 0.15) is 6.61 Å². The van der Waals surface area contributed by atoms with Gasteiger partial charge in [-0.25, -0.2) is 9.97 Å². The van der Waals surface area contributed by atoms with Gasteiger partial charge in [-0.1, -0.05) is 49.0 Å². The maximum atomic E-state index is 11.9. The van der Waals surface area contributed by atoms with Gasteiger partial charge in [0.15, 0.2) is 5.16 Å². The maximum absolute atomic E-state index is 11.9. The van der Waals surface area contributed by atoms with E-state index in [-0.39, 0.29) is 11.9 Å². The molecule has 1 unspecified atom stereocenters. The van der Waals surface area contributed by atoms with E-state index in [1.807, 2.05) is 50.2 Å². The van der Waals surface area contributed by atoms with E-state index in [0.717, 1.165) is 11.3 Å². The first-order chi connectivity index (χ1) is 10.1. The molecule has 1 atom stereocenters. The highest BCUT2D eigenvalue weighted by Crippen LogP contribution is 2.17. The Morgan fingerprint density at radius 1 is 1.29 bits per heavy atom. The zero-order valence-electron chi connectivity index (χ0n) is 12.2. The van der Waals surface area contributed by atoms with Gasteiger partial charge >= 0.3 is 5.97 Å². The summed E-state index contributed by atoms with van der Waals surface area (Å²) in [6.45, 7) is 4.09. The van der Waals surface area contributed by atoms with Crippen molar-refractivity contribution in [2.75, 3.05) is 5.75 Å². The van der Waals surface area contributed by atoms with Gasteiger partial charge < -0.3 is 4.74 Å². The van der Waals surface area contributed by atoms with E-state index in [2.05, 4.69) is 9.97 Å². The Morgan fingerprint density at radius 2 is 2.05 bits per heavy atom. The lowest BCUT2D eigenvalue weighted by Gasteiger charge is -2.10. The summed E-state index contributed by atoms with van der Waals surface area (Å²) in [6, 6.07) is 11.5. The van der Waals surface area contributed by atoms with Crippen LogP contribution >= 0.6 is 11.8 Å². The third-order valence-electron chi connectivity index (χ3n) is 2.86. The number of rotatable bonds is 6. The molecule has 4 nitrogen and oxygen atoms in total. The molecule has 2 aromatic rings. The summed E-state index contributed by atoms with van der Waals surface area (Å²) in [5.74, 6) is 0.221. The van der Waals surface area contributed by atoms with E-state index in [1.165, 1.54) is 11.8 Å². The van der Waals surface area contributed by atoms with Crippen LogP contribution in [0.2, 0.25) is 0 Å². The first-order valence-electron chi connectivity index (χ1n) is 6.78. The highest BCUT2D eigenvalue weighted by Gasteiger charge is 2.15. The number of aromatic nitrogens is 2. The molecule has 0 N–H and O–H groups in total. The van der Waals surface area contributed by atoms with Crippen molar-refractivity contribution in [1.29, 1.82) is 0 Å². The summed E-state index contributed by atoms with van der Waals surface area (Å²) < 4.78 is 5.31. The first-order valence-corrected chi connectivity index (χ1v) is 7.76. The van der Waals surface area contributed by atoms with Gasteiger partial charge in [0.05, 0.1) is 5.92 Å². The summed E-state index contributed by atoms with van der Waals surface area (Å²) in [7, 11) is 0. The average Bonchev–Trinajstić information content (AvgIpc) is 2.51. The van der Waals surface area contributed by atoms with Crippen LogP contribution in [0.25, 0.3) is 0 Å². The summed E-state index contributed by atoms with van der Waals surface area (Å²) in [5, 5.41) is 0.692. The summed E-state index contributed by atoms with van der Waals surface area (Å²) in [4.78, 5) is 20.4. The van der Waals surface area contributed by atoms with Crippen LogP contribution < -0.4 is 0 Å². The number of thioether (sulfide) groups is 1. The number of aryl methyl sites for hydroxylation is 1. The Balaban J connectivity index is 1.77. The predicted octanol–water partition coefficient (Wildman–Crippen LogP) is 3.26. The molecule has 0 aliphatic heterocycles. The number of hydrogen-bond donors (Lipinski definition) is 0. The molecule has 1 aromatic heterocycles. The highest BCUT2D eigenvalue weighted by molar-refractivity contribution is 7.99. The highest BCUT2D eigenvalue weighted by atomic mass is 32.2. The van der Waals surface area contributed by atoms with Crippen LogP contribution in [0.15, 0.2) is 47.8 Å². The molecule has 0 saturated heterocycles. The fourth-order valence-electron chi connectivity index (χ4n) is 1.63. The molecule has 2 rings (SSSR count). The molecule has 110 valence electrons. The number of ether oxygens (including phenoxy) is 1. The lowest BCUT2D eigenvalue weighted by molar-refractivity contribution is -0.148. The van der Waals surface area contributed by atoms with Crippen LogP contribution in [-0.2, 0) is 16.1 Å². The molecular formula is C16H18N2O2S. The Kier molecular flexibility index (Phi) is 5.75. The predicted molar refractivity (Wildman–Crippen MR) is 82.9 cm³/mol. The third kappa shape index (κ3) is 5.19. The maximum Gasteiger partial charge on any atom is 0.309 e. The zero-order valence-corrected chi connectivity index (χ0v) is 13.0. The summed E-state index contributed by atoms with van der Waals surface area (Å²) in [5.41, 5.74) is 1.92. The number of carbonyl (C=O) groups excluding carboxylic acids is 1.